The first-order valence-electron chi connectivity index (χ1n) is 7.16. The molecule has 0 aliphatic rings. The van der Waals surface area contributed by atoms with E-state index >= 15 is 0 Å². The first-order chi connectivity index (χ1) is 10.5. The molecule has 126 valence electrons. The predicted octanol–water partition coefficient (Wildman–Crippen LogP) is 1.96. The monoisotopic (exact) mass is 358 g/mol. The summed E-state index contributed by atoms with van der Waals surface area (Å²) in [5, 5.41) is 3.84. The maximum Gasteiger partial charge on any atom is 0.258 e. The number of hydrogen-bond donors (Lipinski definition) is 2. The number of nitrogens with zero attached hydrogens (tertiary/aromatic N) is 2. The molecule has 6 nitrogen and oxygen atoms in total. The van der Waals surface area contributed by atoms with Gasteiger partial charge in [0.2, 0.25) is 5.91 Å². The maximum atomic E-state index is 12.1. The highest BCUT2D eigenvalue weighted by Gasteiger charge is 2.14. The van der Waals surface area contributed by atoms with E-state index in [1.807, 2.05) is 6.92 Å². The zero-order valence-electron chi connectivity index (χ0n) is 13.1. The minimum absolute atomic E-state index is 0. The van der Waals surface area contributed by atoms with Crippen molar-refractivity contribution in [3.8, 4) is 0 Å². The number of halogens is 2. The summed E-state index contributed by atoms with van der Waals surface area (Å²) in [5.74, 6) is 0.427. The maximum absolute atomic E-state index is 12.1. The molecule has 1 heterocycles. The molecule has 0 radical (unpaired) electrons. The Hall–Kier alpha value is -1.63. The standard InChI is InChI=1S/C15H19ClN4O2.ClH/c1-3-6-20(14(21)8-17-2)9-13-18-12-7-10(16)4-5-11(12)15(22)19-13;/h4-5,7,17H,3,6,8-9H2,1-2H3,(H,18,19,22);1H. The highest BCUT2D eigenvalue weighted by Crippen LogP contribution is 2.15. The minimum Gasteiger partial charge on any atom is -0.334 e. The van der Waals surface area contributed by atoms with E-state index in [0.717, 1.165) is 6.42 Å². The average Bonchev–Trinajstić information content (AvgIpc) is 2.46. The van der Waals surface area contributed by atoms with Gasteiger partial charge in [-0.15, -0.1) is 12.4 Å². The lowest BCUT2D eigenvalue weighted by Crippen LogP contribution is -2.38. The van der Waals surface area contributed by atoms with Crippen molar-refractivity contribution < 1.29 is 4.79 Å². The van der Waals surface area contributed by atoms with Crippen LogP contribution in [0.3, 0.4) is 0 Å². The fraction of sp³-hybridized carbons (Fsp3) is 0.400. The Labute approximate surface area is 145 Å². The SMILES string of the molecule is CCCN(Cc1nc2cc(Cl)ccc2c(=O)[nH]1)C(=O)CNC.Cl. The Morgan fingerprint density at radius 2 is 2.17 bits per heavy atom. The predicted molar refractivity (Wildman–Crippen MR) is 94.3 cm³/mol. The molecule has 0 atom stereocenters. The van der Waals surface area contributed by atoms with Crippen LogP contribution >= 0.6 is 24.0 Å². The van der Waals surface area contributed by atoms with E-state index < -0.39 is 0 Å². The van der Waals surface area contributed by atoms with Gasteiger partial charge in [-0.3, -0.25) is 9.59 Å². The van der Waals surface area contributed by atoms with Crippen LogP contribution in [0.5, 0.6) is 0 Å². The van der Waals surface area contributed by atoms with Gasteiger partial charge in [0.25, 0.3) is 5.56 Å². The fourth-order valence-corrected chi connectivity index (χ4v) is 2.41. The number of likely N-dealkylation sites (N-methyl/N-ethyl adjacent to an activating group) is 1. The van der Waals surface area contributed by atoms with Crippen molar-refractivity contribution in [3.05, 3.63) is 39.4 Å². The minimum atomic E-state index is -0.228. The molecule has 2 aromatic rings. The summed E-state index contributed by atoms with van der Waals surface area (Å²) < 4.78 is 0. The molecule has 8 heteroatoms. The number of hydrogen-bond acceptors (Lipinski definition) is 4. The third kappa shape index (κ3) is 4.92. The molecule has 1 aromatic heterocycles. The van der Waals surface area contributed by atoms with E-state index in [9.17, 15) is 9.59 Å². The third-order valence-electron chi connectivity index (χ3n) is 3.23. The highest BCUT2D eigenvalue weighted by molar-refractivity contribution is 6.31. The molecule has 2 rings (SSSR count). The van der Waals surface area contributed by atoms with Gasteiger partial charge in [-0.1, -0.05) is 18.5 Å². The number of aromatic nitrogens is 2. The number of H-pyrrole nitrogens is 1. The van der Waals surface area contributed by atoms with Crippen molar-refractivity contribution in [2.75, 3.05) is 20.1 Å². The number of amides is 1. The second kappa shape index (κ2) is 8.86. The smallest absolute Gasteiger partial charge is 0.258 e. The van der Waals surface area contributed by atoms with Crippen LogP contribution < -0.4 is 10.9 Å². The topological polar surface area (TPSA) is 78.1 Å². The molecule has 2 N–H and O–H groups in total. The van der Waals surface area contributed by atoms with Gasteiger partial charge in [-0.25, -0.2) is 4.98 Å². The number of benzene rings is 1. The second-order valence-corrected chi connectivity index (χ2v) is 5.46. The third-order valence-corrected chi connectivity index (χ3v) is 3.47. The quantitative estimate of drug-likeness (QED) is 0.827. The lowest BCUT2D eigenvalue weighted by Gasteiger charge is -2.21. The number of carbonyl (C=O) groups excluding carboxylic acids is 1. The van der Waals surface area contributed by atoms with Gasteiger partial charge >= 0.3 is 0 Å². The van der Waals surface area contributed by atoms with Gasteiger partial charge in [0.05, 0.1) is 24.0 Å². The molecule has 1 amide bonds. The van der Waals surface area contributed by atoms with Crippen LogP contribution in [0.1, 0.15) is 19.2 Å². The van der Waals surface area contributed by atoms with Gasteiger partial charge in [0.15, 0.2) is 0 Å². The van der Waals surface area contributed by atoms with Gasteiger partial charge in [0.1, 0.15) is 5.82 Å². The van der Waals surface area contributed by atoms with Crippen molar-refractivity contribution in [1.82, 2.24) is 20.2 Å². The molecule has 0 bridgehead atoms. The molecular weight excluding hydrogens is 339 g/mol. The highest BCUT2D eigenvalue weighted by atomic mass is 35.5. The summed E-state index contributed by atoms with van der Waals surface area (Å²) >= 11 is 5.95. The summed E-state index contributed by atoms with van der Waals surface area (Å²) in [6, 6.07) is 4.94. The molecule has 0 saturated heterocycles. The Morgan fingerprint density at radius 3 is 2.83 bits per heavy atom. The van der Waals surface area contributed by atoms with Crippen LogP contribution in [0.2, 0.25) is 5.02 Å². The van der Waals surface area contributed by atoms with Crippen LogP contribution in [0.4, 0.5) is 0 Å². The molecule has 0 aliphatic carbocycles. The number of carbonyl (C=O) groups is 1. The van der Waals surface area contributed by atoms with Crippen LogP contribution in [0.15, 0.2) is 23.0 Å². The first-order valence-corrected chi connectivity index (χ1v) is 7.53. The molecule has 0 spiro atoms. The Kier molecular flexibility index (Phi) is 7.48. The molecule has 0 aliphatic heterocycles. The Bertz CT molecular complexity index is 733. The average molecular weight is 359 g/mol. The zero-order valence-corrected chi connectivity index (χ0v) is 14.6. The van der Waals surface area contributed by atoms with Crippen molar-refractivity contribution in [2.45, 2.75) is 19.9 Å². The van der Waals surface area contributed by atoms with Crippen molar-refractivity contribution in [3.63, 3.8) is 0 Å². The van der Waals surface area contributed by atoms with E-state index in [-0.39, 0.29) is 37.0 Å². The van der Waals surface area contributed by atoms with Crippen molar-refractivity contribution in [1.29, 1.82) is 0 Å². The number of rotatable bonds is 6. The van der Waals surface area contributed by atoms with Gasteiger partial charge in [0, 0.05) is 11.6 Å². The van der Waals surface area contributed by atoms with Crippen LogP contribution in [0.25, 0.3) is 10.9 Å². The normalized spacial score (nSPS) is 10.4. The van der Waals surface area contributed by atoms with Gasteiger partial charge in [-0.2, -0.15) is 0 Å². The Morgan fingerprint density at radius 1 is 1.43 bits per heavy atom. The number of fused-ring (bicyclic) bond motifs is 1. The van der Waals surface area contributed by atoms with Crippen molar-refractivity contribution in [2.24, 2.45) is 0 Å². The lowest BCUT2D eigenvalue weighted by molar-refractivity contribution is -0.130. The van der Waals surface area contributed by atoms with E-state index in [2.05, 4.69) is 15.3 Å². The lowest BCUT2D eigenvalue weighted by atomic mass is 10.2. The first kappa shape index (κ1) is 19.4. The van der Waals surface area contributed by atoms with Gasteiger partial charge in [-0.05, 0) is 31.7 Å². The van der Waals surface area contributed by atoms with Crippen molar-refractivity contribution >= 4 is 40.8 Å². The number of aromatic amines is 1. The van der Waals surface area contributed by atoms with E-state index in [4.69, 9.17) is 11.6 Å². The molecular formula is C15H20Cl2N4O2. The van der Waals surface area contributed by atoms with Gasteiger partial charge < -0.3 is 15.2 Å². The van der Waals surface area contributed by atoms with E-state index in [1.165, 1.54) is 0 Å². The second-order valence-electron chi connectivity index (χ2n) is 5.02. The van der Waals surface area contributed by atoms with Crippen LogP contribution in [-0.2, 0) is 11.3 Å². The Balaban J connectivity index is 0.00000264. The summed E-state index contributed by atoms with van der Waals surface area (Å²) in [4.78, 5) is 33.0. The molecule has 0 unspecified atom stereocenters. The van der Waals surface area contributed by atoms with E-state index in [0.29, 0.717) is 28.3 Å². The number of nitrogens with one attached hydrogen (secondary N) is 2. The largest absolute Gasteiger partial charge is 0.334 e. The summed E-state index contributed by atoms with van der Waals surface area (Å²) in [6.07, 6.45) is 0.832. The van der Waals surface area contributed by atoms with E-state index in [1.54, 1.807) is 30.1 Å². The van der Waals surface area contributed by atoms with Crippen LogP contribution in [0, 0.1) is 0 Å². The summed E-state index contributed by atoms with van der Waals surface area (Å²) in [6.45, 7) is 3.13. The molecule has 1 aromatic carbocycles. The molecule has 23 heavy (non-hydrogen) atoms. The summed E-state index contributed by atoms with van der Waals surface area (Å²) in [5.41, 5.74) is 0.304. The fourth-order valence-electron chi connectivity index (χ4n) is 2.24. The zero-order chi connectivity index (χ0) is 16.1. The molecule has 0 fully saturated rings. The van der Waals surface area contributed by atoms with Crippen LogP contribution in [-0.4, -0.2) is 40.9 Å². The summed E-state index contributed by atoms with van der Waals surface area (Å²) in [7, 11) is 1.72. The molecule has 0 saturated carbocycles.